The van der Waals surface area contributed by atoms with E-state index in [-0.39, 0.29) is 12.5 Å². The summed E-state index contributed by atoms with van der Waals surface area (Å²) in [5.74, 6) is 7.88. The highest BCUT2D eigenvalue weighted by atomic mass is 16.5. The van der Waals surface area contributed by atoms with Crippen molar-refractivity contribution in [3.8, 4) is 11.6 Å². The molecule has 0 aliphatic heterocycles. The molecule has 0 unspecified atom stereocenters. The lowest BCUT2D eigenvalue weighted by Gasteiger charge is -2.11. The second kappa shape index (κ2) is 7.01. The number of aromatic nitrogens is 2. The number of aliphatic hydroxyl groups is 1. The molecular formula is C15H20N4O2. The number of nitrogens with two attached hydrogens (primary N) is 1. The first-order chi connectivity index (χ1) is 10.1. The van der Waals surface area contributed by atoms with Crippen molar-refractivity contribution in [2.24, 2.45) is 5.84 Å². The maximum absolute atomic E-state index is 8.90. The molecule has 6 nitrogen and oxygen atoms in total. The number of benzene rings is 1. The van der Waals surface area contributed by atoms with Crippen molar-refractivity contribution in [3.63, 3.8) is 0 Å². The summed E-state index contributed by atoms with van der Waals surface area (Å²) in [6, 6.07) is 9.17. The van der Waals surface area contributed by atoms with E-state index in [0.29, 0.717) is 29.7 Å². The maximum Gasteiger partial charge on any atom is 0.224 e. The number of nitrogens with one attached hydrogen (secondary N) is 1. The second-order valence-corrected chi connectivity index (χ2v) is 4.97. The van der Waals surface area contributed by atoms with Crippen molar-refractivity contribution in [2.45, 2.75) is 26.2 Å². The van der Waals surface area contributed by atoms with Gasteiger partial charge in [0.2, 0.25) is 5.88 Å². The van der Waals surface area contributed by atoms with E-state index in [2.05, 4.69) is 15.4 Å². The summed E-state index contributed by atoms with van der Waals surface area (Å²) in [5, 5.41) is 8.90. The van der Waals surface area contributed by atoms with E-state index in [4.69, 9.17) is 15.7 Å². The van der Waals surface area contributed by atoms with Crippen molar-refractivity contribution in [1.82, 2.24) is 9.97 Å². The number of nitrogens with zero attached hydrogens (tertiary/aromatic N) is 2. The Kier molecular flexibility index (Phi) is 5.08. The molecule has 4 N–H and O–H groups in total. The minimum Gasteiger partial charge on any atom is -0.439 e. The summed E-state index contributed by atoms with van der Waals surface area (Å²) in [6.07, 6.45) is 0.631. The van der Waals surface area contributed by atoms with Crippen LogP contribution in [0.3, 0.4) is 0 Å². The average molecular weight is 288 g/mol. The quantitative estimate of drug-likeness (QED) is 0.557. The van der Waals surface area contributed by atoms with Crippen LogP contribution in [0.2, 0.25) is 0 Å². The highest BCUT2D eigenvalue weighted by molar-refractivity contribution is 5.39. The highest BCUT2D eigenvalue weighted by Gasteiger charge is 2.09. The number of hydrogen-bond donors (Lipinski definition) is 3. The third-order valence-electron chi connectivity index (χ3n) is 2.93. The molecule has 2 rings (SSSR count). The minimum absolute atomic E-state index is 0.134. The second-order valence-electron chi connectivity index (χ2n) is 4.97. The molecule has 0 aliphatic carbocycles. The number of aliphatic hydroxyl groups excluding tert-OH is 1. The van der Waals surface area contributed by atoms with Gasteiger partial charge in [-0.3, -0.25) is 0 Å². The van der Waals surface area contributed by atoms with Crippen molar-refractivity contribution < 1.29 is 9.84 Å². The first-order valence-electron chi connectivity index (χ1n) is 6.85. The standard InChI is InChI=1S/C15H20N4O2/c1-10(2)15-17-13(19-16)9-14(18-15)21-12-5-3-11(4-6-12)7-8-20/h3-6,9-10,20H,7-8,16H2,1-2H3,(H,17,18,19). The van der Waals surface area contributed by atoms with Crippen molar-refractivity contribution in [3.05, 3.63) is 41.7 Å². The first-order valence-corrected chi connectivity index (χ1v) is 6.85. The van der Waals surface area contributed by atoms with Gasteiger partial charge in [-0.25, -0.2) is 10.8 Å². The van der Waals surface area contributed by atoms with E-state index >= 15 is 0 Å². The fourth-order valence-electron chi connectivity index (χ4n) is 1.80. The van der Waals surface area contributed by atoms with Crippen molar-refractivity contribution in [2.75, 3.05) is 12.0 Å². The van der Waals surface area contributed by atoms with Crippen LogP contribution in [0.5, 0.6) is 11.6 Å². The van der Waals surface area contributed by atoms with Crippen LogP contribution in [0.25, 0.3) is 0 Å². The van der Waals surface area contributed by atoms with Crippen LogP contribution in [0.4, 0.5) is 5.82 Å². The Balaban J connectivity index is 2.19. The van der Waals surface area contributed by atoms with Gasteiger partial charge in [-0.2, -0.15) is 4.98 Å². The Morgan fingerprint density at radius 2 is 1.95 bits per heavy atom. The molecule has 2 aromatic rings. The lowest BCUT2D eigenvalue weighted by molar-refractivity contribution is 0.299. The van der Waals surface area contributed by atoms with E-state index in [1.165, 1.54) is 0 Å². The van der Waals surface area contributed by atoms with Gasteiger partial charge in [0.05, 0.1) is 0 Å². The van der Waals surface area contributed by atoms with Gasteiger partial charge in [-0.1, -0.05) is 26.0 Å². The molecule has 0 amide bonds. The van der Waals surface area contributed by atoms with Gasteiger partial charge in [-0.15, -0.1) is 0 Å². The lowest BCUT2D eigenvalue weighted by Crippen LogP contribution is -2.11. The molecule has 0 bridgehead atoms. The van der Waals surface area contributed by atoms with E-state index in [9.17, 15) is 0 Å². The summed E-state index contributed by atoms with van der Waals surface area (Å²) >= 11 is 0. The van der Waals surface area contributed by atoms with Crippen LogP contribution in [0.15, 0.2) is 30.3 Å². The van der Waals surface area contributed by atoms with Crippen LogP contribution in [0.1, 0.15) is 31.2 Å². The van der Waals surface area contributed by atoms with Crippen LogP contribution in [-0.2, 0) is 6.42 Å². The monoisotopic (exact) mass is 288 g/mol. The van der Waals surface area contributed by atoms with E-state index < -0.39 is 0 Å². The maximum atomic E-state index is 8.90. The molecule has 112 valence electrons. The summed E-state index contributed by atoms with van der Waals surface area (Å²) in [5.41, 5.74) is 3.57. The van der Waals surface area contributed by atoms with Crippen LogP contribution in [0, 0.1) is 0 Å². The number of nitrogen functional groups attached to an aromatic ring is 1. The minimum atomic E-state index is 0.134. The largest absolute Gasteiger partial charge is 0.439 e. The Hall–Kier alpha value is -2.18. The molecule has 0 saturated carbocycles. The fourth-order valence-corrected chi connectivity index (χ4v) is 1.80. The predicted octanol–water partition coefficient (Wildman–Crippen LogP) is 2.21. The first kappa shape index (κ1) is 15.2. The number of hydrazine groups is 1. The molecular weight excluding hydrogens is 268 g/mol. The number of rotatable bonds is 6. The average Bonchev–Trinajstić information content (AvgIpc) is 2.49. The summed E-state index contributed by atoms with van der Waals surface area (Å²) < 4.78 is 5.74. The molecule has 6 heteroatoms. The van der Waals surface area contributed by atoms with Crippen molar-refractivity contribution >= 4 is 5.82 Å². The molecule has 0 saturated heterocycles. The third-order valence-corrected chi connectivity index (χ3v) is 2.93. The Labute approximate surface area is 124 Å². The summed E-state index contributed by atoms with van der Waals surface area (Å²) in [7, 11) is 0. The topological polar surface area (TPSA) is 93.3 Å². The molecule has 1 heterocycles. The van der Waals surface area contributed by atoms with Gasteiger partial charge >= 0.3 is 0 Å². The van der Waals surface area contributed by atoms with Gasteiger partial charge in [0.1, 0.15) is 17.4 Å². The molecule has 0 radical (unpaired) electrons. The van der Waals surface area contributed by atoms with E-state index in [0.717, 1.165) is 5.56 Å². The Bertz CT molecular complexity index is 585. The van der Waals surface area contributed by atoms with Crippen LogP contribution >= 0.6 is 0 Å². The summed E-state index contributed by atoms with van der Waals surface area (Å²) in [4.78, 5) is 8.64. The molecule has 1 aromatic heterocycles. The molecule has 0 atom stereocenters. The van der Waals surface area contributed by atoms with Crippen molar-refractivity contribution in [1.29, 1.82) is 0 Å². The SMILES string of the molecule is CC(C)c1nc(NN)cc(Oc2ccc(CCO)cc2)n1. The normalized spacial score (nSPS) is 10.7. The van der Waals surface area contributed by atoms with Crippen LogP contribution < -0.4 is 16.0 Å². The molecule has 21 heavy (non-hydrogen) atoms. The van der Waals surface area contributed by atoms with Gasteiger partial charge in [0, 0.05) is 18.6 Å². The Morgan fingerprint density at radius 1 is 1.24 bits per heavy atom. The molecule has 0 aliphatic rings. The number of ether oxygens (including phenoxy) is 1. The highest BCUT2D eigenvalue weighted by Crippen LogP contribution is 2.24. The van der Waals surface area contributed by atoms with Crippen LogP contribution in [-0.4, -0.2) is 21.7 Å². The third kappa shape index (κ3) is 4.14. The number of hydrogen-bond acceptors (Lipinski definition) is 6. The predicted molar refractivity (Wildman–Crippen MR) is 81.2 cm³/mol. The zero-order valence-corrected chi connectivity index (χ0v) is 12.2. The lowest BCUT2D eigenvalue weighted by atomic mass is 10.1. The molecule has 0 fully saturated rings. The summed E-state index contributed by atoms with van der Waals surface area (Å²) in [6.45, 7) is 4.14. The zero-order chi connectivity index (χ0) is 15.2. The van der Waals surface area contributed by atoms with E-state index in [1.54, 1.807) is 6.07 Å². The zero-order valence-electron chi connectivity index (χ0n) is 12.2. The fraction of sp³-hybridized carbons (Fsp3) is 0.333. The molecule has 0 spiro atoms. The van der Waals surface area contributed by atoms with Gasteiger partial charge in [0.25, 0.3) is 0 Å². The van der Waals surface area contributed by atoms with Gasteiger partial charge in [0.15, 0.2) is 0 Å². The van der Waals surface area contributed by atoms with Gasteiger partial charge < -0.3 is 15.3 Å². The molecule has 1 aromatic carbocycles. The van der Waals surface area contributed by atoms with E-state index in [1.807, 2.05) is 38.1 Å². The van der Waals surface area contributed by atoms with Gasteiger partial charge in [-0.05, 0) is 24.1 Å². The smallest absolute Gasteiger partial charge is 0.224 e. The Morgan fingerprint density at radius 3 is 2.52 bits per heavy atom. The number of anilines is 1.